The van der Waals surface area contributed by atoms with Crippen molar-refractivity contribution in [1.29, 1.82) is 0 Å². The molecule has 0 saturated heterocycles. The molecule has 0 aliphatic heterocycles. The fourth-order valence-corrected chi connectivity index (χ4v) is 1.41. The van der Waals surface area contributed by atoms with Gasteiger partial charge in [-0.05, 0) is 6.92 Å². The molecule has 0 aliphatic carbocycles. The van der Waals surface area contributed by atoms with E-state index in [2.05, 4.69) is 9.97 Å². The molecule has 6 heteroatoms. The molecule has 4 nitrogen and oxygen atoms in total. The van der Waals surface area contributed by atoms with Crippen LogP contribution in [0.15, 0.2) is 12.4 Å². The van der Waals surface area contributed by atoms with Gasteiger partial charge in [0, 0.05) is 5.92 Å². The minimum atomic E-state index is -1.92. The van der Waals surface area contributed by atoms with Crippen molar-refractivity contribution >= 4 is 11.1 Å². The average molecular weight is 218 g/mol. The quantitative estimate of drug-likeness (QED) is 0.777. The Bertz CT molecular complexity index is 331. The molecule has 14 heavy (non-hydrogen) atoms. The number of halogens is 1. The van der Waals surface area contributed by atoms with Gasteiger partial charge in [-0.3, -0.25) is 0 Å². The molecule has 1 heterocycles. The summed E-state index contributed by atoms with van der Waals surface area (Å²) >= 11 is -1.92. The molecule has 0 bridgehead atoms. The summed E-state index contributed by atoms with van der Waals surface area (Å²) in [7, 11) is 0. The molecule has 1 aromatic rings. The highest BCUT2D eigenvalue weighted by atomic mass is 32.2. The second-order valence-corrected chi connectivity index (χ2v) is 4.33. The summed E-state index contributed by atoms with van der Waals surface area (Å²) in [5.41, 5.74) is 0. The minimum Gasteiger partial charge on any atom is -0.306 e. The fraction of sp³-hybridized carbons (Fsp3) is 0.500. The van der Waals surface area contributed by atoms with E-state index in [0.29, 0.717) is 5.82 Å². The molecule has 0 spiro atoms. The molecule has 0 saturated carbocycles. The first kappa shape index (κ1) is 11.2. The van der Waals surface area contributed by atoms with Crippen LogP contribution in [0.2, 0.25) is 0 Å². The molecule has 78 valence electrons. The van der Waals surface area contributed by atoms with Gasteiger partial charge in [0.25, 0.3) is 0 Å². The van der Waals surface area contributed by atoms with E-state index >= 15 is 0 Å². The van der Waals surface area contributed by atoms with Gasteiger partial charge in [0.05, 0.1) is 17.6 Å². The maximum atomic E-state index is 12.5. The number of hydrogen-bond acceptors (Lipinski definition) is 3. The van der Waals surface area contributed by atoms with Crippen molar-refractivity contribution < 1.29 is 13.2 Å². The van der Waals surface area contributed by atoms with Crippen LogP contribution in [0.25, 0.3) is 0 Å². The van der Waals surface area contributed by atoms with Crippen molar-refractivity contribution in [1.82, 2.24) is 9.97 Å². The number of nitrogens with zero attached hydrogens (tertiary/aromatic N) is 2. The predicted molar refractivity (Wildman–Crippen MR) is 50.6 cm³/mol. The molecule has 0 fully saturated rings. The van der Waals surface area contributed by atoms with E-state index in [1.165, 1.54) is 0 Å². The Kier molecular flexibility index (Phi) is 3.65. The SMILES string of the molecule is C[C@@H](c1ncc(F)cn1)[C@H](C)S(=O)O. The molecular weight excluding hydrogens is 207 g/mol. The van der Waals surface area contributed by atoms with Crippen LogP contribution in [0.3, 0.4) is 0 Å². The zero-order valence-electron chi connectivity index (χ0n) is 7.85. The molecule has 0 aliphatic rings. The first-order chi connectivity index (χ1) is 6.52. The lowest BCUT2D eigenvalue weighted by Crippen LogP contribution is -2.19. The maximum absolute atomic E-state index is 12.5. The van der Waals surface area contributed by atoms with Gasteiger partial charge in [-0.15, -0.1) is 0 Å². The summed E-state index contributed by atoms with van der Waals surface area (Å²) in [6.45, 7) is 3.35. The summed E-state index contributed by atoms with van der Waals surface area (Å²) in [4.78, 5) is 7.50. The summed E-state index contributed by atoms with van der Waals surface area (Å²) in [6, 6.07) is 0. The van der Waals surface area contributed by atoms with Gasteiger partial charge in [0.2, 0.25) is 0 Å². The summed E-state index contributed by atoms with van der Waals surface area (Å²) in [5.74, 6) is -0.415. The first-order valence-electron chi connectivity index (χ1n) is 4.09. The van der Waals surface area contributed by atoms with Gasteiger partial charge >= 0.3 is 0 Å². The zero-order valence-corrected chi connectivity index (χ0v) is 8.66. The highest BCUT2D eigenvalue weighted by Crippen LogP contribution is 2.17. The topological polar surface area (TPSA) is 63.1 Å². The standard InChI is InChI=1S/C8H11FN2O2S/c1-5(6(2)14(12)13)8-10-3-7(9)4-11-8/h3-6H,1-2H3,(H,12,13)/t5-,6+/m1/s1. The Labute approximate surface area is 83.9 Å². The largest absolute Gasteiger partial charge is 0.306 e. The van der Waals surface area contributed by atoms with Crippen LogP contribution >= 0.6 is 0 Å². The third-order valence-corrected chi connectivity index (χ3v) is 3.11. The lowest BCUT2D eigenvalue weighted by Gasteiger charge is -2.14. The van der Waals surface area contributed by atoms with E-state index in [0.717, 1.165) is 12.4 Å². The highest BCUT2D eigenvalue weighted by molar-refractivity contribution is 7.79. The molecule has 0 aromatic carbocycles. The average Bonchev–Trinajstić information content (AvgIpc) is 2.16. The molecule has 1 rings (SSSR count). The number of aromatic nitrogens is 2. The van der Waals surface area contributed by atoms with Gasteiger partial charge in [0.15, 0.2) is 16.9 Å². The normalized spacial score (nSPS) is 17.4. The van der Waals surface area contributed by atoms with E-state index in [-0.39, 0.29) is 5.92 Å². The Hall–Kier alpha value is -0.880. The van der Waals surface area contributed by atoms with Crippen LogP contribution in [0.4, 0.5) is 4.39 Å². The predicted octanol–water partition coefficient (Wildman–Crippen LogP) is 1.33. The fourth-order valence-electron chi connectivity index (χ4n) is 0.942. The van der Waals surface area contributed by atoms with Crippen LogP contribution in [0, 0.1) is 5.82 Å². The second-order valence-electron chi connectivity index (χ2n) is 3.03. The van der Waals surface area contributed by atoms with E-state index < -0.39 is 22.1 Å². The summed E-state index contributed by atoms with van der Waals surface area (Å²) in [6.07, 6.45) is 2.09. The van der Waals surface area contributed by atoms with Crippen LogP contribution < -0.4 is 0 Å². The number of rotatable bonds is 3. The zero-order chi connectivity index (χ0) is 10.7. The molecule has 0 radical (unpaired) electrons. The van der Waals surface area contributed by atoms with Gasteiger partial charge < -0.3 is 4.55 Å². The smallest absolute Gasteiger partial charge is 0.159 e. The van der Waals surface area contributed by atoms with Crippen molar-refractivity contribution in [2.24, 2.45) is 0 Å². The Balaban J connectivity index is 2.84. The van der Waals surface area contributed by atoms with Crippen LogP contribution in [0.1, 0.15) is 25.6 Å². The van der Waals surface area contributed by atoms with Crippen LogP contribution in [-0.4, -0.2) is 24.0 Å². The van der Waals surface area contributed by atoms with E-state index in [1.54, 1.807) is 13.8 Å². The van der Waals surface area contributed by atoms with Gasteiger partial charge in [-0.25, -0.2) is 18.6 Å². The Morgan fingerprint density at radius 1 is 1.43 bits per heavy atom. The molecule has 0 amide bonds. The van der Waals surface area contributed by atoms with Gasteiger partial charge in [-0.1, -0.05) is 6.92 Å². The van der Waals surface area contributed by atoms with Crippen molar-refractivity contribution in [3.8, 4) is 0 Å². The van der Waals surface area contributed by atoms with Crippen LogP contribution in [0.5, 0.6) is 0 Å². The van der Waals surface area contributed by atoms with Crippen molar-refractivity contribution in [3.63, 3.8) is 0 Å². The summed E-state index contributed by atoms with van der Waals surface area (Å²) < 4.78 is 32.1. The van der Waals surface area contributed by atoms with Crippen molar-refractivity contribution in [2.45, 2.75) is 25.0 Å². The highest BCUT2D eigenvalue weighted by Gasteiger charge is 2.21. The molecule has 1 unspecified atom stereocenters. The first-order valence-corrected chi connectivity index (χ1v) is 5.26. The number of hydrogen-bond donors (Lipinski definition) is 1. The van der Waals surface area contributed by atoms with E-state index in [4.69, 9.17) is 4.55 Å². The molecular formula is C8H11FN2O2S. The van der Waals surface area contributed by atoms with Gasteiger partial charge in [0.1, 0.15) is 5.82 Å². The third kappa shape index (κ3) is 2.55. The van der Waals surface area contributed by atoms with Crippen molar-refractivity contribution in [2.75, 3.05) is 0 Å². The minimum absolute atomic E-state index is 0.276. The monoisotopic (exact) mass is 218 g/mol. The van der Waals surface area contributed by atoms with E-state index in [9.17, 15) is 8.60 Å². The lowest BCUT2D eigenvalue weighted by atomic mass is 10.1. The second kappa shape index (κ2) is 4.56. The molecule has 1 aromatic heterocycles. The van der Waals surface area contributed by atoms with Crippen LogP contribution in [-0.2, 0) is 11.1 Å². The molecule has 1 N–H and O–H groups in total. The summed E-state index contributed by atoms with van der Waals surface area (Å²) in [5, 5.41) is -0.472. The lowest BCUT2D eigenvalue weighted by molar-refractivity contribution is 0.531. The molecule has 3 atom stereocenters. The Morgan fingerprint density at radius 3 is 2.36 bits per heavy atom. The maximum Gasteiger partial charge on any atom is 0.159 e. The third-order valence-electron chi connectivity index (χ3n) is 2.07. The Morgan fingerprint density at radius 2 is 1.93 bits per heavy atom. The van der Waals surface area contributed by atoms with Gasteiger partial charge in [-0.2, -0.15) is 0 Å². The van der Waals surface area contributed by atoms with E-state index in [1.807, 2.05) is 0 Å². The van der Waals surface area contributed by atoms with Crippen molar-refractivity contribution in [3.05, 3.63) is 24.0 Å².